The first kappa shape index (κ1) is 10.4. The highest BCUT2D eigenvalue weighted by Crippen LogP contribution is 2.36. The second kappa shape index (κ2) is 3.49. The van der Waals surface area contributed by atoms with Crippen molar-refractivity contribution in [3.05, 3.63) is 0 Å². The molecule has 0 amide bonds. The van der Waals surface area contributed by atoms with E-state index in [1.807, 2.05) is 13.8 Å². The van der Waals surface area contributed by atoms with Crippen molar-refractivity contribution in [3.63, 3.8) is 0 Å². The lowest BCUT2D eigenvalue weighted by molar-refractivity contribution is 0.435. The molecule has 1 aliphatic heterocycles. The summed E-state index contributed by atoms with van der Waals surface area (Å²) in [5.41, 5.74) is 0. The van der Waals surface area contributed by atoms with Crippen LogP contribution < -0.4 is 5.32 Å². The van der Waals surface area contributed by atoms with Crippen molar-refractivity contribution in [3.8, 4) is 0 Å². The van der Waals surface area contributed by atoms with Gasteiger partial charge in [0.15, 0.2) is 9.84 Å². The van der Waals surface area contributed by atoms with Gasteiger partial charge in [0.1, 0.15) is 0 Å². The molecule has 82 valence electrons. The van der Waals surface area contributed by atoms with E-state index in [0.717, 1.165) is 6.54 Å². The summed E-state index contributed by atoms with van der Waals surface area (Å²) in [5, 5.41) is 3.23. The molecule has 1 saturated heterocycles. The molecule has 2 rings (SSSR count). The first-order valence-corrected chi connectivity index (χ1v) is 7.17. The van der Waals surface area contributed by atoms with Crippen LogP contribution in [0.3, 0.4) is 0 Å². The minimum Gasteiger partial charge on any atom is -0.312 e. The van der Waals surface area contributed by atoms with Gasteiger partial charge in [0, 0.05) is 6.04 Å². The van der Waals surface area contributed by atoms with Crippen LogP contribution in [-0.2, 0) is 9.84 Å². The lowest BCUT2D eigenvalue weighted by atomic mass is 10.1. The third-order valence-corrected chi connectivity index (χ3v) is 5.88. The maximum atomic E-state index is 11.9. The molecule has 0 bridgehead atoms. The van der Waals surface area contributed by atoms with Gasteiger partial charge in [-0.05, 0) is 38.1 Å². The Morgan fingerprint density at radius 3 is 2.43 bits per heavy atom. The standard InChI is InChI=1S/C10H19NO2S/c1-7-5-11-10(9-3-4-9)8(2)14(12,13)6-7/h7-11H,3-6H2,1-2H3. The average Bonchev–Trinajstić information content (AvgIpc) is 2.85. The van der Waals surface area contributed by atoms with E-state index >= 15 is 0 Å². The van der Waals surface area contributed by atoms with E-state index in [1.54, 1.807) is 0 Å². The van der Waals surface area contributed by atoms with Crippen LogP contribution in [0.25, 0.3) is 0 Å². The van der Waals surface area contributed by atoms with Gasteiger partial charge in [-0.2, -0.15) is 0 Å². The minimum absolute atomic E-state index is 0.194. The Kier molecular flexibility index (Phi) is 2.60. The summed E-state index contributed by atoms with van der Waals surface area (Å²) in [7, 11) is -2.86. The van der Waals surface area contributed by atoms with Crippen LogP contribution in [0.15, 0.2) is 0 Å². The number of hydrogen-bond donors (Lipinski definition) is 1. The number of hydrogen-bond acceptors (Lipinski definition) is 3. The highest BCUT2D eigenvalue weighted by Gasteiger charge is 2.42. The smallest absolute Gasteiger partial charge is 0.154 e. The zero-order valence-corrected chi connectivity index (χ0v) is 9.68. The molecular formula is C10H19NO2S. The molecule has 0 spiro atoms. The van der Waals surface area contributed by atoms with Crippen molar-refractivity contribution in [1.29, 1.82) is 0 Å². The predicted molar refractivity (Wildman–Crippen MR) is 56.9 cm³/mol. The fourth-order valence-corrected chi connectivity index (χ4v) is 4.32. The normalized spacial score (nSPS) is 43.1. The third kappa shape index (κ3) is 1.96. The maximum Gasteiger partial charge on any atom is 0.154 e. The monoisotopic (exact) mass is 217 g/mol. The molecule has 0 radical (unpaired) electrons. The molecule has 2 aliphatic rings. The summed E-state index contributed by atoms with van der Waals surface area (Å²) < 4.78 is 23.8. The molecule has 3 nitrogen and oxygen atoms in total. The van der Waals surface area contributed by atoms with Crippen molar-refractivity contribution >= 4 is 9.84 Å². The molecule has 1 N–H and O–H groups in total. The fourth-order valence-electron chi connectivity index (χ4n) is 2.34. The van der Waals surface area contributed by atoms with Gasteiger partial charge in [0.05, 0.1) is 11.0 Å². The molecule has 0 aromatic heterocycles. The molecule has 4 heteroatoms. The predicted octanol–water partition coefficient (Wildman–Crippen LogP) is 0.808. The Morgan fingerprint density at radius 2 is 1.86 bits per heavy atom. The Balaban J connectivity index is 2.20. The van der Waals surface area contributed by atoms with E-state index in [-0.39, 0.29) is 17.2 Å². The Labute approximate surface area is 86.2 Å². The summed E-state index contributed by atoms with van der Waals surface area (Å²) in [6, 6.07) is 0.213. The van der Waals surface area contributed by atoms with Crippen molar-refractivity contribution in [2.24, 2.45) is 11.8 Å². The topological polar surface area (TPSA) is 46.2 Å². The molecular weight excluding hydrogens is 198 g/mol. The van der Waals surface area contributed by atoms with Crippen LogP contribution in [0.4, 0.5) is 0 Å². The molecule has 0 aromatic rings. The molecule has 14 heavy (non-hydrogen) atoms. The van der Waals surface area contributed by atoms with E-state index in [4.69, 9.17) is 0 Å². The Bertz CT molecular complexity index is 308. The number of nitrogens with one attached hydrogen (secondary N) is 1. The zero-order valence-electron chi connectivity index (χ0n) is 8.86. The lowest BCUT2D eigenvalue weighted by Crippen LogP contribution is -2.42. The zero-order chi connectivity index (χ0) is 10.3. The van der Waals surface area contributed by atoms with Crippen LogP contribution >= 0.6 is 0 Å². The fraction of sp³-hybridized carbons (Fsp3) is 1.00. The van der Waals surface area contributed by atoms with E-state index in [1.165, 1.54) is 12.8 Å². The molecule has 2 fully saturated rings. The molecule has 3 unspecified atom stereocenters. The Hall–Kier alpha value is -0.0900. The second-order valence-corrected chi connectivity index (χ2v) is 7.31. The lowest BCUT2D eigenvalue weighted by Gasteiger charge is -2.21. The summed E-state index contributed by atoms with van der Waals surface area (Å²) in [6.07, 6.45) is 2.40. The van der Waals surface area contributed by atoms with Crippen molar-refractivity contribution in [2.75, 3.05) is 12.3 Å². The third-order valence-electron chi connectivity index (χ3n) is 3.42. The van der Waals surface area contributed by atoms with Crippen LogP contribution in [-0.4, -0.2) is 32.0 Å². The van der Waals surface area contributed by atoms with Gasteiger partial charge in [0.2, 0.25) is 0 Å². The van der Waals surface area contributed by atoms with Gasteiger partial charge in [-0.15, -0.1) is 0 Å². The number of sulfone groups is 1. The van der Waals surface area contributed by atoms with Gasteiger partial charge >= 0.3 is 0 Å². The number of rotatable bonds is 1. The first-order valence-electron chi connectivity index (χ1n) is 5.45. The summed E-state index contributed by atoms with van der Waals surface area (Å²) in [4.78, 5) is 0. The summed E-state index contributed by atoms with van der Waals surface area (Å²) in [5.74, 6) is 1.22. The Morgan fingerprint density at radius 1 is 1.21 bits per heavy atom. The molecule has 1 saturated carbocycles. The summed E-state index contributed by atoms with van der Waals surface area (Å²) in [6.45, 7) is 4.72. The minimum atomic E-state index is -2.86. The second-order valence-electron chi connectivity index (χ2n) is 4.91. The van der Waals surface area contributed by atoms with E-state index < -0.39 is 9.84 Å². The van der Waals surface area contributed by atoms with Gasteiger partial charge in [-0.25, -0.2) is 8.42 Å². The highest BCUT2D eigenvalue weighted by atomic mass is 32.2. The highest BCUT2D eigenvalue weighted by molar-refractivity contribution is 7.92. The van der Waals surface area contributed by atoms with Gasteiger partial charge in [-0.3, -0.25) is 0 Å². The van der Waals surface area contributed by atoms with E-state index in [0.29, 0.717) is 11.7 Å². The van der Waals surface area contributed by atoms with Crippen molar-refractivity contribution in [1.82, 2.24) is 5.32 Å². The summed E-state index contributed by atoms with van der Waals surface area (Å²) >= 11 is 0. The van der Waals surface area contributed by atoms with Crippen molar-refractivity contribution < 1.29 is 8.42 Å². The van der Waals surface area contributed by atoms with Crippen LogP contribution in [0.5, 0.6) is 0 Å². The van der Waals surface area contributed by atoms with Gasteiger partial charge < -0.3 is 5.32 Å². The molecule has 1 aliphatic carbocycles. The van der Waals surface area contributed by atoms with Gasteiger partial charge in [0.25, 0.3) is 0 Å². The largest absolute Gasteiger partial charge is 0.312 e. The van der Waals surface area contributed by atoms with Crippen LogP contribution in [0, 0.1) is 11.8 Å². The van der Waals surface area contributed by atoms with Crippen LogP contribution in [0.1, 0.15) is 26.7 Å². The van der Waals surface area contributed by atoms with E-state index in [2.05, 4.69) is 5.32 Å². The SMILES string of the molecule is CC1CNC(C2CC2)C(C)S(=O)(=O)C1. The average molecular weight is 217 g/mol. The first-order chi connectivity index (χ1) is 6.50. The van der Waals surface area contributed by atoms with E-state index in [9.17, 15) is 8.42 Å². The van der Waals surface area contributed by atoms with Gasteiger partial charge in [-0.1, -0.05) is 6.92 Å². The maximum absolute atomic E-state index is 11.9. The quantitative estimate of drug-likeness (QED) is 0.707. The molecule has 3 atom stereocenters. The van der Waals surface area contributed by atoms with Crippen LogP contribution in [0.2, 0.25) is 0 Å². The van der Waals surface area contributed by atoms with Crippen molar-refractivity contribution in [2.45, 2.75) is 38.0 Å². The molecule has 0 aromatic carbocycles. The molecule has 1 heterocycles.